The average molecular weight is 348 g/mol. The minimum atomic E-state index is -0.289. The first-order valence-electron chi connectivity index (χ1n) is 7.68. The molecule has 1 saturated heterocycles. The van der Waals surface area contributed by atoms with E-state index >= 15 is 0 Å². The molecule has 7 nitrogen and oxygen atoms in total. The van der Waals surface area contributed by atoms with Gasteiger partial charge in [-0.2, -0.15) is 0 Å². The Morgan fingerprint density at radius 2 is 2.25 bits per heavy atom. The van der Waals surface area contributed by atoms with Crippen LogP contribution in [0.1, 0.15) is 23.3 Å². The second-order valence-corrected chi connectivity index (χ2v) is 6.21. The molecule has 4 N–H and O–H groups in total. The summed E-state index contributed by atoms with van der Waals surface area (Å²) in [7, 11) is 0. The lowest BCUT2D eigenvalue weighted by Gasteiger charge is -2.32. The Balaban J connectivity index is 1.65. The van der Waals surface area contributed by atoms with Crippen LogP contribution in [0.25, 0.3) is 0 Å². The molecular weight excluding hydrogens is 330 g/mol. The number of H-pyrrole nitrogens is 1. The number of piperidine rings is 1. The number of aromatic amines is 1. The van der Waals surface area contributed by atoms with E-state index in [1.165, 1.54) is 0 Å². The Hall–Kier alpha value is -2.54. The summed E-state index contributed by atoms with van der Waals surface area (Å²) in [5.74, 6) is 0.0656. The Bertz CT molecular complexity index is 743. The molecule has 0 radical (unpaired) electrons. The number of hydrogen-bond donors (Lipinski definition) is 3. The third-order valence-corrected chi connectivity index (χ3v) is 4.26. The molecule has 126 valence electrons. The van der Waals surface area contributed by atoms with Gasteiger partial charge in [0.25, 0.3) is 5.91 Å². The molecule has 1 atom stereocenters. The van der Waals surface area contributed by atoms with E-state index in [0.717, 1.165) is 25.2 Å². The first-order valence-corrected chi connectivity index (χ1v) is 8.06. The summed E-state index contributed by atoms with van der Waals surface area (Å²) in [6, 6.07) is 5.15. The smallest absolute Gasteiger partial charge is 0.272 e. The highest BCUT2D eigenvalue weighted by Crippen LogP contribution is 2.22. The maximum Gasteiger partial charge on any atom is 0.272 e. The highest BCUT2D eigenvalue weighted by atomic mass is 35.5. The van der Waals surface area contributed by atoms with Gasteiger partial charge in [-0.3, -0.25) is 9.59 Å². The van der Waals surface area contributed by atoms with Crippen LogP contribution in [0, 0.1) is 5.92 Å². The third-order valence-electron chi connectivity index (χ3n) is 4.05. The van der Waals surface area contributed by atoms with Crippen molar-refractivity contribution in [3.63, 3.8) is 0 Å². The first kappa shape index (κ1) is 16.3. The van der Waals surface area contributed by atoms with Crippen LogP contribution in [0.3, 0.4) is 0 Å². The zero-order chi connectivity index (χ0) is 17.1. The molecule has 2 aromatic rings. The molecule has 1 fully saturated rings. The Morgan fingerprint density at radius 3 is 2.88 bits per heavy atom. The summed E-state index contributed by atoms with van der Waals surface area (Å²) < 4.78 is 0. The molecule has 1 aliphatic rings. The number of hydrogen-bond acceptors (Lipinski definition) is 4. The van der Waals surface area contributed by atoms with Gasteiger partial charge in [0, 0.05) is 19.3 Å². The van der Waals surface area contributed by atoms with E-state index in [4.69, 9.17) is 17.3 Å². The van der Waals surface area contributed by atoms with Crippen molar-refractivity contribution >= 4 is 34.9 Å². The number of primary amides is 1. The summed E-state index contributed by atoms with van der Waals surface area (Å²) >= 11 is 5.79. The predicted octanol–water partition coefficient (Wildman–Crippen LogP) is 2.02. The van der Waals surface area contributed by atoms with Crippen LogP contribution < -0.4 is 16.0 Å². The zero-order valence-electron chi connectivity index (χ0n) is 13.0. The van der Waals surface area contributed by atoms with E-state index in [1.54, 1.807) is 24.5 Å². The molecule has 24 heavy (non-hydrogen) atoms. The van der Waals surface area contributed by atoms with E-state index in [2.05, 4.69) is 15.3 Å². The Labute approximate surface area is 144 Å². The van der Waals surface area contributed by atoms with E-state index in [9.17, 15) is 9.59 Å². The van der Waals surface area contributed by atoms with Gasteiger partial charge in [0.05, 0.1) is 22.8 Å². The molecule has 3 heterocycles. The zero-order valence-corrected chi connectivity index (χ0v) is 13.7. The van der Waals surface area contributed by atoms with Crippen molar-refractivity contribution in [3.05, 3.63) is 41.3 Å². The number of rotatable bonds is 4. The van der Waals surface area contributed by atoms with Gasteiger partial charge in [-0.05, 0) is 31.0 Å². The largest absolute Gasteiger partial charge is 0.369 e. The van der Waals surface area contributed by atoms with Crippen LogP contribution >= 0.6 is 11.6 Å². The number of anilines is 2. The van der Waals surface area contributed by atoms with E-state index in [0.29, 0.717) is 22.9 Å². The van der Waals surface area contributed by atoms with E-state index in [1.807, 2.05) is 11.0 Å². The summed E-state index contributed by atoms with van der Waals surface area (Å²) in [5, 5.41) is 3.22. The molecule has 0 aliphatic carbocycles. The van der Waals surface area contributed by atoms with Crippen LogP contribution in [0.2, 0.25) is 5.02 Å². The second kappa shape index (κ2) is 6.92. The van der Waals surface area contributed by atoms with Crippen LogP contribution in [0.5, 0.6) is 0 Å². The summed E-state index contributed by atoms with van der Waals surface area (Å²) in [4.78, 5) is 32.6. The monoisotopic (exact) mass is 347 g/mol. The van der Waals surface area contributed by atoms with Gasteiger partial charge in [0.15, 0.2) is 0 Å². The molecule has 0 saturated carbocycles. The normalized spacial score (nSPS) is 17.5. The lowest BCUT2D eigenvalue weighted by molar-refractivity contribution is -0.122. The summed E-state index contributed by atoms with van der Waals surface area (Å²) in [6.45, 7) is 1.42. The third kappa shape index (κ3) is 3.68. The van der Waals surface area contributed by atoms with Crippen LogP contribution in [0.15, 0.2) is 30.6 Å². The van der Waals surface area contributed by atoms with Crippen molar-refractivity contribution in [2.24, 2.45) is 11.7 Å². The predicted molar refractivity (Wildman–Crippen MR) is 92.1 cm³/mol. The van der Waals surface area contributed by atoms with Crippen molar-refractivity contribution in [1.82, 2.24) is 9.97 Å². The number of carbonyl (C=O) groups excluding carboxylic acids is 2. The van der Waals surface area contributed by atoms with E-state index in [-0.39, 0.29) is 17.7 Å². The molecule has 2 aromatic heterocycles. The Morgan fingerprint density at radius 1 is 1.42 bits per heavy atom. The summed E-state index contributed by atoms with van der Waals surface area (Å²) in [5.41, 5.74) is 6.36. The number of pyridine rings is 1. The van der Waals surface area contributed by atoms with Gasteiger partial charge >= 0.3 is 0 Å². The van der Waals surface area contributed by atoms with Gasteiger partial charge in [-0.1, -0.05) is 11.6 Å². The number of aromatic nitrogens is 2. The number of nitrogens with zero attached hydrogens (tertiary/aromatic N) is 2. The molecule has 2 amide bonds. The quantitative estimate of drug-likeness (QED) is 0.786. The van der Waals surface area contributed by atoms with Crippen molar-refractivity contribution < 1.29 is 9.59 Å². The fourth-order valence-corrected chi connectivity index (χ4v) is 2.93. The van der Waals surface area contributed by atoms with Gasteiger partial charge in [0.2, 0.25) is 5.91 Å². The SMILES string of the molecule is NC(=O)[C@@H]1CCCN(c2ccc(NC(=O)c3cc(Cl)c[nH]3)cn2)C1. The fourth-order valence-electron chi connectivity index (χ4n) is 2.76. The maximum atomic E-state index is 12.0. The molecule has 3 rings (SSSR count). The number of nitrogens with two attached hydrogens (primary N) is 1. The molecule has 0 aromatic carbocycles. The van der Waals surface area contributed by atoms with Crippen molar-refractivity contribution in [2.45, 2.75) is 12.8 Å². The van der Waals surface area contributed by atoms with Gasteiger partial charge in [-0.15, -0.1) is 0 Å². The maximum absolute atomic E-state index is 12.0. The first-order chi connectivity index (χ1) is 11.5. The van der Waals surface area contributed by atoms with Crippen LogP contribution in [0.4, 0.5) is 11.5 Å². The molecule has 0 unspecified atom stereocenters. The molecule has 1 aliphatic heterocycles. The topological polar surface area (TPSA) is 104 Å². The molecule has 8 heteroatoms. The van der Waals surface area contributed by atoms with Crippen molar-refractivity contribution in [2.75, 3.05) is 23.3 Å². The second-order valence-electron chi connectivity index (χ2n) is 5.78. The number of amides is 2. The van der Waals surface area contributed by atoms with Crippen LogP contribution in [-0.2, 0) is 4.79 Å². The van der Waals surface area contributed by atoms with Gasteiger partial charge in [0.1, 0.15) is 11.5 Å². The molecular formula is C16H18ClN5O2. The minimum absolute atomic E-state index is 0.141. The Kier molecular flexibility index (Phi) is 4.71. The highest BCUT2D eigenvalue weighted by Gasteiger charge is 2.24. The number of carbonyl (C=O) groups is 2. The lowest BCUT2D eigenvalue weighted by atomic mass is 9.97. The summed E-state index contributed by atoms with van der Waals surface area (Å²) in [6.07, 6.45) is 4.86. The lowest BCUT2D eigenvalue weighted by Crippen LogP contribution is -2.41. The van der Waals surface area contributed by atoms with Gasteiger partial charge < -0.3 is 20.9 Å². The number of halogens is 1. The van der Waals surface area contributed by atoms with Gasteiger partial charge in [-0.25, -0.2) is 4.98 Å². The minimum Gasteiger partial charge on any atom is -0.369 e. The number of nitrogens with one attached hydrogen (secondary N) is 2. The molecule has 0 spiro atoms. The average Bonchev–Trinajstić information content (AvgIpc) is 3.02. The highest BCUT2D eigenvalue weighted by molar-refractivity contribution is 6.31. The standard InChI is InChI=1S/C16H18ClN5O2/c17-11-6-13(19-7-11)16(24)21-12-3-4-14(20-8-12)22-5-1-2-10(9-22)15(18)23/h3-4,6-8,10,19H,1-2,5,9H2,(H2,18,23)(H,21,24)/t10-/m1/s1. The van der Waals surface area contributed by atoms with Crippen molar-refractivity contribution in [1.29, 1.82) is 0 Å². The van der Waals surface area contributed by atoms with Crippen LogP contribution in [-0.4, -0.2) is 34.9 Å². The molecule has 0 bridgehead atoms. The fraction of sp³-hybridized carbons (Fsp3) is 0.312. The van der Waals surface area contributed by atoms with E-state index < -0.39 is 0 Å². The van der Waals surface area contributed by atoms with Crippen molar-refractivity contribution in [3.8, 4) is 0 Å².